The van der Waals surface area contributed by atoms with Crippen molar-refractivity contribution < 1.29 is 0 Å². The maximum absolute atomic E-state index is 6.06. The fraction of sp³-hybridized carbons (Fsp3) is 0.647. The lowest BCUT2D eigenvalue weighted by Crippen LogP contribution is -2.31. The lowest BCUT2D eigenvalue weighted by Gasteiger charge is -2.28. The second-order valence-corrected chi connectivity index (χ2v) is 6.34. The van der Waals surface area contributed by atoms with Crippen molar-refractivity contribution in [2.24, 2.45) is 10.9 Å². The molecule has 21 heavy (non-hydrogen) atoms. The van der Waals surface area contributed by atoms with Gasteiger partial charge in [-0.15, -0.1) is 0 Å². The molecule has 1 aromatic rings. The molecule has 2 heterocycles. The summed E-state index contributed by atoms with van der Waals surface area (Å²) in [7, 11) is 0. The molecule has 1 aliphatic heterocycles. The largest absolute Gasteiger partial charge is 0.383 e. The van der Waals surface area contributed by atoms with Gasteiger partial charge in [-0.25, -0.2) is 4.98 Å². The zero-order valence-electron chi connectivity index (χ0n) is 12.9. The second-order valence-electron chi connectivity index (χ2n) is 6.34. The van der Waals surface area contributed by atoms with Crippen molar-refractivity contribution in [3.05, 3.63) is 23.4 Å². The third-order valence-electron chi connectivity index (χ3n) is 4.99. The average molecular weight is 286 g/mol. The first kappa shape index (κ1) is 14.4. The van der Waals surface area contributed by atoms with Crippen molar-refractivity contribution in [2.45, 2.75) is 51.4 Å². The smallest absolute Gasteiger partial charge is 0.134 e. The molecule has 1 saturated carbocycles. The number of amidine groups is 1. The highest BCUT2D eigenvalue weighted by Gasteiger charge is 2.23. The number of nitrogens with zero attached hydrogens (tertiary/aromatic N) is 2. The minimum Gasteiger partial charge on any atom is -0.383 e. The number of hydrogen-bond donors (Lipinski definition) is 2. The van der Waals surface area contributed by atoms with E-state index in [1.165, 1.54) is 37.7 Å². The molecule has 2 aliphatic rings. The summed E-state index contributed by atoms with van der Waals surface area (Å²) in [4.78, 5) is 8.98. The van der Waals surface area contributed by atoms with Gasteiger partial charge in [0.05, 0.1) is 5.56 Å². The van der Waals surface area contributed by atoms with Crippen molar-refractivity contribution in [1.29, 1.82) is 0 Å². The number of anilines is 1. The second kappa shape index (κ2) is 6.46. The molecule has 1 fully saturated rings. The van der Waals surface area contributed by atoms with Crippen LogP contribution in [0.4, 0.5) is 5.82 Å². The molecule has 4 nitrogen and oxygen atoms in total. The number of pyridine rings is 1. The highest BCUT2D eigenvalue weighted by Crippen LogP contribution is 2.37. The molecular formula is C17H26N4. The molecular weight excluding hydrogens is 260 g/mol. The molecule has 4 heteroatoms. The van der Waals surface area contributed by atoms with Crippen molar-refractivity contribution in [2.75, 3.05) is 18.8 Å². The van der Waals surface area contributed by atoms with E-state index >= 15 is 0 Å². The lowest BCUT2D eigenvalue weighted by molar-refractivity contribution is 0.318. The first-order chi connectivity index (χ1) is 10.3. The summed E-state index contributed by atoms with van der Waals surface area (Å²) in [6.07, 6.45) is 9.64. The van der Waals surface area contributed by atoms with Crippen molar-refractivity contribution >= 4 is 11.7 Å². The molecule has 114 valence electrons. The molecule has 3 N–H and O–H groups in total. The highest BCUT2D eigenvalue weighted by molar-refractivity contribution is 6.02. The van der Waals surface area contributed by atoms with Gasteiger partial charge in [0.25, 0.3) is 0 Å². The summed E-state index contributed by atoms with van der Waals surface area (Å²) in [6, 6.07) is 2.22. The van der Waals surface area contributed by atoms with Gasteiger partial charge < -0.3 is 11.1 Å². The van der Waals surface area contributed by atoms with Gasteiger partial charge in [0.15, 0.2) is 0 Å². The standard InChI is InChI=1S/C17H26N4/c1-2-12-4-6-13(7-5-12)14-10-15(16(18)21-11-14)17-19-8-3-9-20-17/h10-13H,2-9H2,1H3,(H2,18,21)(H,19,20). The molecule has 0 unspecified atom stereocenters. The van der Waals surface area contributed by atoms with Crippen LogP contribution >= 0.6 is 0 Å². The first-order valence-corrected chi connectivity index (χ1v) is 8.32. The molecule has 0 amide bonds. The molecule has 3 rings (SSSR count). The van der Waals surface area contributed by atoms with Crippen LogP contribution in [0.5, 0.6) is 0 Å². The van der Waals surface area contributed by atoms with Gasteiger partial charge in [0.2, 0.25) is 0 Å². The zero-order chi connectivity index (χ0) is 14.7. The molecule has 0 bridgehead atoms. The van der Waals surface area contributed by atoms with Crippen LogP contribution in [0.15, 0.2) is 17.3 Å². The van der Waals surface area contributed by atoms with E-state index in [0.29, 0.717) is 11.7 Å². The number of aliphatic imine (C=N–C) groups is 1. The number of nitrogens with two attached hydrogens (primary N) is 1. The summed E-state index contributed by atoms with van der Waals surface area (Å²) in [6.45, 7) is 4.17. The summed E-state index contributed by atoms with van der Waals surface area (Å²) < 4.78 is 0. The Morgan fingerprint density at radius 1 is 1.29 bits per heavy atom. The van der Waals surface area contributed by atoms with Crippen LogP contribution in [0.3, 0.4) is 0 Å². The Kier molecular flexibility index (Phi) is 4.42. The van der Waals surface area contributed by atoms with E-state index in [-0.39, 0.29) is 0 Å². The molecule has 1 aliphatic carbocycles. The van der Waals surface area contributed by atoms with Crippen molar-refractivity contribution in [3.63, 3.8) is 0 Å². The normalized spacial score (nSPS) is 26.0. The van der Waals surface area contributed by atoms with E-state index in [0.717, 1.165) is 36.8 Å². The number of nitrogen functional groups attached to an aromatic ring is 1. The van der Waals surface area contributed by atoms with Gasteiger partial charge >= 0.3 is 0 Å². The maximum Gasteiger partial charge on any atom is 0.134 e. The van der Waals surface area contributed by atoms with E-state index in [1.54, 1.807) is 0 Å². The minimum atomic E-state index is 0.592. The maximum atomic E-state index is 6.06. The van der Waals surface area contributed by atoms with Crippen LogP contribution in [0, 0.1) is 5.92 Å². The van der Waals surface area contributed by atoms with Crippen molar-refractivity contribution in [1.82, 2.24) is 10.3 Å². The molecule has 1 aromatic heterocycles. The third kappa shape index (κ3) is 3.20. The number of nitrogens with one attached hydrogen (secondary N) is 1. The Bertz CT molecular complexity index is 516. The van der Waals surface area contributed by atoms with Gasteiger partial charge in [-0.05, 0) is 55.6 Å². The summed E-state index contributed by atoms with van der Waals surface area (Å²) in [5, 5.41) is 3.35. The van der Waals surface area contributed by atoms with E-state index in [2.05, 4.69) is 28.3 Å². The minimum absolute atomic E-state index is 0.592. The lowest BCUT2D eigenvalue weighted by atomic mass is 9.78. The predicted octanol–water partition coefficient (Wildman–Crippen LogP) is 3.09. The third-order valence-corrected chi connectivity index (χ3v) is 4.99. The van der Waals surface area contributed by atoms with Crippen LogP contribution in [-0.4, -0.2) is 23.9 Å². The van der Waals surface area contributed by atoms with Crippen LogP contribution in [0.2, 0.25) is 0 Å². The quantitative estimate of drug-likeness (QED) is 0.897. The highest BCUT2D eigenvalue weighted by atomic mass is 15.0. The Balaban J connectivity index is 1.79. The number of hydrogen-bond acceptors (Lipinski definition) is 4. The summed E-state index contributed by atoms with van der Waals surface area (Å²) >= 11 is 0. The van der Waals surface area contributed by atoms with E-state index in [9.17, 15) is 0 Å². The van der Waals surface area contributed by atoms with Gasteiger partial charge in [-0.2, -0.15) is 0 Å². The van der Waals surface area contributed by atoms with E-state index in [1.807, 2.05) is 6.20 Å². The van der Waals surface area contributed by atoms with Crippen molar-refractivity contribution in [3.8, 4) is 0 Å². The van der Waals surface area contributed by atoms with Gasteiger partial charge in [0, 0.05) is 19.3 Å². The average Bonchev–Trinajstić information content (AvgIpc) is 2.56. The van der Waals surface area contributed by atoms with Gasteiger partial charge in [-0.3, -0.25) is 4.99 Å². The monoisotopic (exact) mass is 286 g/mol. The topological polar surface area (TPSA) is 63.3 Å². The molecule has 0 aromatic carbocycles. The molecule has 0 spiro atoms. The number of rotatable bonds is 3. The Labute approximate surface area is 127 Å². The summed E-state index contributed by atoms with van der Waals surface area (Å²) in [5.74, 6) is 3.08. The first-order valence-electron chi connectivity index (χ1n) is 8.32. The number of aromatic nitrogens is 1. The summed E-state index contributed by atoms with van der Waals surface area (Å²) in [5.41, 5.74) is 8.39. The fourth-order valence-corrected chi connectivity index (χ4v) is 3.52. The van der Waals surface area contributed by atoms with E-state index < -0.39 is 0 Å². The molecule has 0 atom stereocenters. The molecule has 0 saturated heterocycles. The van der Waals surface area contributed by atoms with Crippen LogP contribution in [-0.2, 0) is 0 Å². The van der Waals surface area contributed by atoms with Crippen LogP contribution < -0.4 is 11.1 Å². The van der Waals surface area contributed by atoms with Gasteiger partial charge in [0.1, 0.15) is 11.7 Å². The van der Waals surface area contributed by atoms with Crippen LogP contribution in [0.1, 0.15) is 62.5 Å². The Morgan fingerprint density at radius 3 is 2.76 bits per heavy atom. The Hall–Kier alpha value is -1.58. The SMILES string of the molecule is CCC1CCC(c2cnc(N)c(C3=NCCCN3)c2)CC1. The van der Waals surface area contributed by atoms with Crippen LogP contribution in [0.25, 0.3) is 0 Å². The van der Waals surface area contributed by atoms with Gasteiger partial charge in [-0.1, -0.05) is 13.3 Å². The zero-order valence-corrected chi connectivity index (χ0v) is 12.9. The Morgan fingerprint density at radius 2 is 2.10 bits per heavy atom. The molecule has 0 radical (unpaired) electrons. The van der Waals surface area contributed by atoms with E-state index in [4.69, 9.17) is 5.73 Å². The fourth-order valence-electron chi connectivity index (χ4n) is 3.52. The predicted molar refractivity (Wildman–Crippen MR) is 87.7 cm³/mol.